The van der Waals surface area contributed by atoms with E-state index >= 15 is 0 Å². The number of carbonyl (C=O) groups excluding carboxylic acids is 2. The van der Waals surface area contributed by atoms with Crippen molar-refractivity contribution in [2.45, 2.75) is 98.0 Å². The van der Waals surface area contributed by atoms with Crippen molar-refractivity contribution in [1.29, 1.82) is 0 Å². The van der Waals surface area contributed by atoms with Gasteiger partial charge in [0.25, 0.3) is 0 Å². The van der Waals surface area contributed by atoms with Crippen molar-refractivity contribution >= 4 is 31.4 Å². The highest BCUT2D eigenvalue weighted by Crippen LogP contribution is 2.38. The molecule has 1 heterocycles. The van der Waals surface area contributed by atoms with E-state index in [1.54, 1.807) is 5.38 Å². The van der Waals surface area contributed by atoms with Gasteiger partial charge in [0.15, 0.2) is 14.0 Å². The Morgan fingerprint density at radius 2 is 1.79 bits per heavy atom. The van der Waals surface area contributed by atoms with Crippen LogP contribution in [-0.4, -0.2) is 38.2 Å². The van der Waals surface area contributed by atoms with Crippen LogP contribution in [-0.2, 0) is 14.0 Å². The molecule has 1 unspecified atom stereocenters. The highest BCUT2D eigenvalue weighted by molar-refractivity contribution is 7.09. The third-order valence-corrected chi connectivity index (χ3v) is 12.7. The lowest BCUT2D eigenvalue weighted by molar-refractivity contribution is -0.122. The van der Waals surface area contributed by atoms with E-state index in [4.69, 9.17) is 14.7 Å². The number of aromatic nitrogens is 1. The third-order valence-electron chi connectivity index (χ3n) is 7.13. The van der Waals surface area contributed by atoms with Crippen molar-refractivity contribution in [3.8, 4) is 0 Å². The summed E-state index contributed by atoms with van der Waals surface area (Å²) in [6.07, 6.45) is 1.41. The summed E-state index contributed by atoms with van der Waals surface area (Å²) in [7, 11) is -0.647. The molecule has 0 aliphatic heterocycles. The second-order valence-corrected chi connectivity index (χ2v) is 15.0. The van der Waals surface area contributed by atoms with Crippen LogP contribution in [0.1, 0.15) is 89.3 Å². The number of nitrogens with zero attached hydrogens (tertiary/aromatic N) is 4. The highest BCUT2D eigenvalue weighted by Gasteiger charge is 2.36. The first kappa shape index (κ1) is 30.3. The molecule has 34 heavy (non-hydrogen) atoms. The van der Waals surface area contributed by atoms with Crippen LogP contribution < -0.4 is 0 Å². The molecule has 0 aromatic carbocycles. The molecular formula is C24H42N4O4SSi. The molecule has 0 aliphatic carbocycles. The maximum atomic E-state index is 13.2. The fourth-order valence-electron chi connectivity index (χ4n) is 4.15. The zero-order valence-electron chi connectivity index (χ0n) is 22.0. The summed E-state index contributed by atoms with van der Waals surface area (Å²) in [5, 5.41) is 6.28. The lowest BCUT2D eigenvalue weighted by atomic mass is 9.82. The molecule has 0 bridgehead atoms. The maximum Gasteiger partial charge on any atom is 0.357 e. The minimum Gasteiger partial charge on any atom is -0.464 e. The number of esters is 1. The van der Waals surface area contributed by atoms with Gasteiger partial charge in [-0.1, -0.05) is 60.0 Å². The number of methoxy groups -OCH3 is 1. The van der Waals surface area contributed by atoms with Gasteiger partial charge < -0.3 is 9.16 Å². The van der Waals surface area contributed by atoms with E-state index in [9.17, 15) is 9.59 Å². The SMILES string of the molecule is CCC(C)[C@H](N=[N+]=[N-])C(=O)C[C@H](C[C@@H](O[Si](CC)(CC)CC)c1nc(C(=O)OC)cs1)C(C)C. The minimum atomic E-state index is -1.99. The van der Waals surface area contributed by atoms with Crippen LogP contribution >= 0.6 is 11.3 Å². The summed E-state index contributed by atoms with van der Waals surface area (Å²) in [6, 6.07) is 2.31. The standard InChI is InChI=1S/C24H42N4O4SSi/c1-9-17(7)22(27-28-25)20(29)13-18(16(5)6)14-21(32-34(10-2,11-3)12-4)23-26-19(15-33-23)24(30)31-8/h15-18,21-22H,9-14H2,1-8H3/t17?,18-,21-,22+/m1/s1. The van der Waals surface area contributed by atoms with Crippen molar-refractivity contribution in [1.82, 2.24) is 4.98 Å². The number of hydrogen-bond donors (Lipinski definition) is 0. The molecule has 192 valence electrons. The van der Waals surface area contributed by atoms with Crippen LogP contribution in [0.5, 0.6) is 0 Å². The molecule has 4 atom stereocenters. The fourth-order valence-corrected chi connectivity index (χ4v) is 7.88. The number of thiazole rings is 1. The largest absolute Gasteiger partial charge is 0.464 e. The Hall–Kier alpha value is -1.74. The number of hydrogen-bond acceptors (Lipinski definition) is 7. The molecule has 0 aliphatic rings. The van der Waals surface area contributed by atoms with E-state index < -0.39 is 20.3 Å². The average Bonchev–Trinajstić information content (AvgIpc) is 3.33. The van der Waals surface area contributed by atoms with Crippen LogP contribution in [0.3, 0.4) is 0 Å². The summed E-state index contributed by atoms with van der Waals surface area (Å²) in [5.74, 6) is -0.248. The lowest BCUT2D eigenvalue weighted by Crippen LogP contribution is -2.38. The number of ether oxygens (including phenoxy) is 1. The molecule has 0 saturated carbocycles. The van der Waals surface area contributed by atoms with Crippen LogP contribution in [0.15, 0.2) is 10.5 Å². The van der Waals surface area contributed by atoms with E-state index in [1.165, 1.54) is 18.4 Å². The monoisotopic (exact) mass is 510 g/mol. The van der Waals surface area contributed by atoms with Crippen molar-refractivity contribution in [2.75, 3.05) is 7.11 Å². The van der Waals surface area contributed by atoms with Gasteiger partial charge in [-0.3, -0.25) is 4.79 Å². The molecule has 1 aromatic rings. The second kappa shape index (κ2) is 14.6. The Labute approximate surface area is 209 Å². The fraction of sp³-hybridized carbons (Fsp3) is 0.792. The van der Waals surface area contributed by atoms with E-state index in [2.05, 4.69) is 49.6 Å². The Morgan fingerprint density at radius 1 is 1.18 bits per heavy atom. The van der Waals surface area contributed by atoms with E-state index in [0.717, 1.165) is 29.6 Å². The quantitative estimate of drug-likeness (QED) is 0.0758. The molecule has 0 N–H and O–H groups in total. The number of Topliss-reactive ketones (excluding diaryl/α,β-unsaturated/α-hetero) is 1. The number of rotatable bonds is 16. The van der Waals surface area contributed by atoms with E-state index in [0.29, 0.717) is 12.8 Å². The Bertz CT molecular complexity index is 828. The van der Waals surface area contributed by atoms with Gasteiger partial charge in [-0.25, -0.2) is 9.78 Å². The van der Waals surface area contributed by atoms with Crippen molar-refractivity contribution < 1.29 is 18.8 Å². The summed E-state index contributed by atoms with van der Waals surface area (Å²) in [6.45, 7) is 14.7. The third kappa shape index (κ3) is 8.18. The van der Waals surface area contributed by atoms with Gasteiger partial charge in [-0.15, -0.1) is 11.3 Å². The van der Waals surface area contributed by atoms with Gasteiger partial charge in [0.1, 0.15) is 10.8 Å². The Morgan fingerprint density at radius 3 is 2.26 bits per heavy atom. The highest BCUT2D eigenvalue weighted by atomic mass is 32.1. The average molecular weight is 511 g/mol. The molecule has 0 spiro atoms. The summed E-state index contributed by atoms with van der Waals surface area (Å²) < 4.78 is 11.7. The normalized spacial score (nSPS) is 15.3. The van der Waals surface area contributed by atoms with Crippen molar-refractivity contribution in [2.24, 2.45) is 22.9 Å². The van der Waals surface area contributed by atoms with Crippen molar-refractivity contribution in [3.63, 3.8) is 0 Å². The second-order valence-electron chi connectivity index (χ2n) is 9.36. The van der Waals surface area contributed by atoms with E-state index in [-0.39, 0.29) is 35.3 Å². The summed E-state index contributed by atoms with van der Waals surface area (Å²) >= 11 is 1.40. The van der Waals surface area contributed by atoms with Gasteiger partial charge in [0.2, 0.25) is 0 Å². The van der Waals surface area contributed by atoms with Crippen LogP contribution in [0.2, 0.25) is 18.1 Å². The zero-order chi connectivity index (χ0) is 25.9. The Kier molecular flexibility index (Phi) is 13.0. The molecule has 8 nitrogen and oxygen atoms in total. The number of azide groups is 1. The lowest BCUT2D eigenvalue weighted by Gasteiger charge is -2.35. The van der Waals surface area contributed by atoms with Gasteiger partial charge in [-0.05, 0) is 47.8 Å². The van der Waals surface area contributed by atoms with Crippen LogP contribution in [0.4, 0.5) is 0 Å². The first-order valence-corrected chi connectivity index (χ1v) is 15.8. The Balaban J connectivity index is 3.30. The molecular weight excluding hydrogens is 468 g/mol. The molecule has 0 fully saturated rings. The molecule has 1 rings (SSSR count). The molecule has 10 heteroatoms. The summed E-state index contributed by atoms with van der Waals surface area (Å²) in [4.78, 5) is 32.7. The summed E-state index contributed by atoms with van der Waals surface area (Å²) in [5.41, 5.74) is 9.27. The predicted octanol–water partition coefficient (Wildman–Crippen LogP) is 7.34. The topological polar surface area (TPSA) is 114 Å². The zero-order valence-corrected chi connectivity index (χ0v) is 23.9. The predicted molar refractivity (Wildman–Crippen MR) is 139 cm³/mol. The first-order chi connectivity index (χ1) is 16.1. The number of carbonyl (C=O) groups is 2. The molecule has 0 saturated heterocycles. The van der Waals surface area contributed by atoms with E-state index in [1.807, 2.05) is 13.8 Å². The van der Waals surface area contributed by atoms with Crippen LogP contribution in [0, 0.1) is 17.8 Å². The molecule has 1 aromatic heterocycles. The smallest absolute Gasteiger partial charge is 0.357 e. The van der Waals surface area contributed by atoms with Crippen LogP contribution in [0.25, 0.3) is 10.4 Å². The minimum absolute atomic E-state index is 0.00910. The van der Waals surface area contributed by atoms with Gasteiger partial charge >= 0.3 is 5.97 Å². The number of ketones is 1. The van der Waals surface area contributed by atoms with Gasteiger partial charge in [0.05, 0.1) is 19.3 Å². The van der Waals surface area contributed by atoms with Gasteiger partial charge in [-0.2, -0.15) is 0 Å². The van der Waals surface area contributed by atoms with Gasteiger partial charge in [0, 0.05) is 16.7 Å². The van der Waals surface area contributed by atoms with Crippen molar-refractivity contribution in [3.05, 3.63) is 26.5 Å². The molecule has 0 radical (unpaired) electrons. The maximum absolute atomic E-state index is 13.2. The molecule has 0 amide bonds. The first-order valence-electron chi connectivity index (χ1n) is 12.4.